The van der Waals surface area contributed by atoms with Crippen molar-refractivity contribution < 1.29 is 9.53 Å². The molecule has 0 unspecified atom stereocenters. The van der Waals surface area contributed by atoms with Crippen LogP contribution in [-0.4, -0.2) is 28.2 Å². The Labute approximate surface area is 180 Å². The molecule has 0 aliphatic carbocycles. The fourth-order valence-corrected chi connectivity index (χ4v) is 4.79. The molecule has 0 aromatic rings. The molecule has 1 fully saturated rings. The van der Waals surface area contributed by atoms with Gasteiger partial charge in [0.1, 0.15) is 6.10 Å². The van der Waals surface area contributed by atoms with Gasteiger partial charge in [-0.3, -0.25) is 4.79 Å². The summed E-state index contributed by atoms with van der Waals surface area (Å²) in [6, 6.07) is 0. The predicted molar refractivity (Wildman–Crippen MR) is 123 cm³/mol. The lowest BCUT2D eigenvalue weighted by molar-refractivity contribution is -0.157. The molecule has 1 aliphatic rings. The van der Waals surface area contributed by atoms with Crippen LogP contribution in [0.15, 0.2) is 0 Å². The molecule has 0 radical (unpaired) electrons. The van der Waals surface area contributed by atoms with Crippen molar-refractivity contribution in [2.45, 2.75) is 155 Å². The highest BCUT2D eigenvalue weighted by Crippen LogP contribution is 2.38. The molecule has 0 aromatic heterocycles. The van der Waals surface area contributed by atoms with E-state index < -0.39 is 11.1 Å². The summed E-state index contributed by atoms with van der Waals surface area (Å²) in [5.74, 6) is -0.0935. The Bertz CT molecular complexity index is 429. The van der Waals surface area contributed by atoms with Crippen molar-refractivity contribution in [3.05, 3.63) is 5.21 Å². The maximum Gasteiger partial charge on any atom is 0.306 e. The Morgan fingerprint density at radius 3 is 1.59 bits per heavy atom. The molecule has 1 rings (SSSR count). The van der Waals surface area contributed by atoms with Gasteiger partial charge >= 0.3 is 5.97 Å². The summed E-state index contributed by atoms with van der Waals surface area (Å²) in [5, 5.41) is 13.6. The molecule has 1 heterocycles. The number of hydrogen-bond donors (Lipinski definition) is 0. The molecule has 0 atom stereocenters. The van der Waals surface area contributed by atoms with Crippen molar-refractivity contribution in [3.8, 4) is 0 Å². The first-order valence-corrected chi connectivity index (χ1v) is 12.4. The van der Waals surface area contributed by atoms with E-state index in [9.17, 15) is 10.0 Å². The molecule has 4 nitrogen and oxygen atoms in total. The van der Waals surface area contributed by atoms with Crippen LogP contribution in [0.4, 0.5) is 0 Å². The zero-order valence-electron chi connectivity index (χ0n) is 20.1. The lowest BCUT2D eigenvalue weighted by Crippen LogP contribution is -2.59. The molecule has 172 valence electrons. The Morgan fingerprint density at radius 2 is 1.17 bits per heavy atom. The van der Waals surface area contributed by atoms with E-state index in [-0.39, 0.29) is 12.1 Å². The van der Waals surface area contributed by atoms with Gasteiger partial charge in [-0.05, 0) is 34.1 Å². The minimum atomic E-state index is -0.484. The average molecular weight is 411 g/mol. The van der Waals surface area contributed by atoms with Gasteiger partial charge < -0.3 is 15.0 Å². The molecule has 0 saturated carbocycles. The van der Waals surface area contributed by atoms with E-state index in [2.05, 4.69) is 6.92 Å². The summed E-state index contributed by atoms with van der Waals surface area (Å²) in [4.78, 5) is 12.2. The van der Waals surface area contributed by atoms with Gasteiger partial charge in [-0.15, -0.1) is 0 Å². The van der Waals surface area contributed by atoms with Crippen LogP contribution in [0.2, 0.25) is 0 Å². The smallest absolute Gasteiger partial charge is 0.306 e. The topological polar surface area (TPSA) is 52.6 Å². The number of hydrogen-bond acceptors (Lipinski definition) is 4. The number of carbonyl (C=O) groups is 1. The van der Waals surface area contributed by atoms with Crippen molar-refractivity contribution in [1.82, 2.24) is 5.06 Å². The Morgan fingerprint density at radius 1 is 0.793 bits per heavy atom. The number of rotatable bonds is 15. The van der Waals surface area contributed by atoms with Crippen molar-refractivity contribution in [3.63, 3.8) is 0 Å². The van der Waals surface area contributed by atoms with Crippen LogP contribution in [0.1, 0.15) is 137 Å². The fourth-order valence-electron chi connectivity index (χ4n) is 4.79. The second-order valence-electron chi connectivity index (χ2n) is 10.4. The molecule has 29 heavy (non-hydrogen) atoms. The van der Waals surface area contributed by atoms with E-state index in [1.54, 1.807) is 0 Å². The molecular weight excluding hydrogens is 362 g/mol. The van der Waals surface area contributed by atoms with E-state index >= 15 is 0 Å². The summed E-state index contributed by atoms with van der Waals surface area (Å²) in [7, 11) is 0. The molecule has 0 N–H and O–H groups in total. The summed E-state index contributed by atoms with van der Waals surface area (Å²) in [5.41, 5.74) is -0.968. The predicted octanol–water partition coefficient (Wildman–Crippen LogP) is 7.53. The first-order chi connectivity index (χ1) is 13.7. The number of ether oxygens (including phenoxy) is 1. The molecule has 0 amide bonds. The molecule has 0 spiro atoms. The van der Waals surface area contributed by atoms with Gasteiger partial charge in [-0.1, -0.05) is 84.0 Å². The number of nitrogens with zero attached hydrogens (tertiary/aromatic N) is 1. The van der Waals surface area contributed by atoms with Gasteiger partial charge in [0.15, 0.2) is 0 Å². The van der Waals surface area contributed by atoms with E-state index in [0.29, 0.717) is 19.3 Å². The van der Waals surface area contributed by atoms with Gasteiger partial charge in [0, 0.05) is 30.3 Å². The lowest BCUT2D eigenvalue weighted by Gasteiger charge is -2.59. The number of esters is 1. The Balaban J connectivity index is 2.01. The summed E-state index contributed by atoms with van der Waals surface area (Å²) >= 11 is 0. The number of unbranched alkanes of at least 4 members (excludes halogenated alkanes) is 12. The average Bonchev–Trinajstić information content (AvgIpc) is 2.63. The summed E-state index contributed by atoms with van der Waals surface area (Å²) in [6.07, 6.45) is 18.6. The van der Waals surface area contributed by atoms with Crippen LogP contribution in [0.5, 0.6) is 0 Å². The van der Waals surface area contributed by atoms with Gasteiger partial charge in [-0.2, -0.15) is 0 Å². The molecule has 0 bridgehead atoms. The second kappa shape index (κ2) is 13.6. The Hall–Kier alpha value is -0.610. The third kappa shape index (κ3) is 10.8. The van der Waals surface area contributed by atoms with Crippen LogP contribution in [0, 0.1) is 5.21 Å². The van der Waals surface area contributed by atoms with Crippen LogP contribution < -0.4 is 0 Å². The van der Waals surface area contributed by atoms with Crippen LogP contribution in [0.25, 0.3) is 0 Å². The number of carbonyl (C=O) groups excluding carboxylic acids is 1. The molecule has 1 saturated heterocycles. The maximum absolute atomic E-state index is 12.4. The second-order valence-corrected chi connectivity index (χ2v) is 10.4. The third-order valence-electron chi connectivity index (χ3n) is 6.34. The highest BCUT2D eigenvalue weighted by atomic mass is 16.5. The normalized spacial score (nSPS) is 19.4. The van der Waals surface area contributed by atoms with E-state index in [1.165, 1.54) is 75.7 Å². The van der Waals surface area contributed by atoms with Crippen molar-refractivity contribution >= 4 is 5.97 Å². The third-order valence-corrected chi connectivity index (χ3v) is 6.34. The fraction of sp³-hybridized carbons (Fsp3) is 0.960. The van der Waals surface area contributed by atoms with Gasteiger partial charge in [-0.25, -0.2) is 0 Å². The number of piperidine rings is 1. The standard InChI is InChI=1S/C25H48NO3/c1-6-7-8-9-10-11-12-13-14-15-16-17-18-19-23(27)29-22-20-24(2,3)26(28)25(4,5)21-22/h22H,6-21H2,1-5H3/q-1. The number of hydroxylamine groups is 2. The summed E-state index contributed by atoms with van der Waals surface area (Å²) in [6.45, 7) is 10.0. The van der Waals surface area contributed by atoms with Gasteiger partial charge in [0.05, 0.1) is 0 Å². The summed E-state index contributed by atoms with van der Waals surface area (Å²) < 4.78 is 5.71. The highest BCUT2D eigenvalue weighted by Gasteiger charge is 2.41. The quantitative estimate of drug-likeness (QED) is 0.207. The van der Waals surface area contributed by atoms with Crippen molar-refractivity contribution in [2.75, 3.05) is 0 Å². The molecule has 4 heteroatoms. The zero-order chi connectivity index (χ0) is 21.8. The van der Waals surface area contributed by atoms with E-state index in [1.807, 2.05) is 27.7 Å². The van der Waals surface area contributed by atoms with E-state index in [4.69, 9.17) is 4.74 Å². The van der Waals surface area contributed by atoms with Gasteiger partial charge in [0.2, 0.25) is 0 Å². The van der Waals surface area contributed by atoms with Gasteiger partial charge in [0.25, 0.3) is 0 Å². The SMILES string of the molecule is CCCCCCCCCCCCCCCC(=O)OC1CC(C)(C)N([O-])C(C)(C)C1. The molecular formula is C25H48NO3-. The molecule has 1 aliphatic heterocycles. The van der Waals surface area contributed by atoms with Crippen LogP contribution in [0.3, 0.4) is 0 Å². The highest BCUT2D eigenvalue weighted by molar-refractivity contribution is 5.69. The zero-order valence-corrected chi connectivity index (χ0v) is 20.1. The van der Waals surface area contributed by atoms with E-state index in [0.717, 1.165) is 12.8 Å². The first kappa shape index (κ1) is 26.4. The minimum absolute atomic E-state index is 0.0935. The Kier molecular flexibility index (Phi) is 12.4. The monoisotopic (exact) mass is 410 g/mol. The lowest BCUT2D eigenvalue weighted by atomic mass is 9.80. The molecule has 0 aromatic carbocycles. The maximum atomic E-state index is 12.4. The largest absolute Gasteiger partial charge is 0.784 e. The minimum Gasteiger partial charge on any atom is -0.784 e. The first-order valence-electron chi connectivity index (χ1n) is 12.4. The van der Waals surface area contributed by atoms with Crippen molar-refractivity contribution in [2.24, 2.45) is 0 Å². The van der Waals surface area contributed by atoms with Crippen LogP contribution in [-0.2, 0) is 9.53 Å². The van der Waals surface area contributed by atoms with Crippen LogP contribution >= 0.6 is 0 Å². The van der Waals surface area contributed by atoms with Crippen molar-refractivity contribution in [1.29, 1.82) is 0 Å².